The summed E-state index contributed by atoms with van der Waals surface area (Å²) >= 11 is 0. The maximum Gasteiger partial charge on any atom is 0.133 e. The van der Waals surface area contributed by atoms with Gasteiger partial charge in [0, 0.05) is 0 Å². The van der Waals surface area contributed by atoms with Gasteiger partial charge in [-0.25, -0.2) is 0 Å². The van der Waals surface area contributed by atoms with Gasteiger partial charge >= 0.3 is 0 Å². The topological polar surface area (TPSA) is 59.1 Å². The lowest BCUT2D eigenvalue weighted by Crippen LogP contribution is -2.25. The summed E-state index contributed by atoms with van der Waals surface area (Å²) in [5, 5.41) is 6.89. The molecule has 0 radical (unpaired) electrons. The minimum Gasteiger partial charge on any atom is -0.385 e. The van der Waals surface area contributed by atoms with Gasteiger partial charge in [0.15, 0.2) is 0 Å². The molecule has 0 aromatic heterocycles. The molecule has 0 saturated heterocycles. The molecule has 1 aliphatic rings. The molecule has 0 spiro atoms. The lowest BCUT2D eigenvalue weighted by atomic mass is 10.3. The molecule has 3 nitrogen and oxygen atoms in total. The highest BCUT2D eigenvalue weighted by molar-refractivity contribution is 5.83. The van der Waals surface area contributed by atoms with E-state index in [2.05, 4.69) is 0 Å². The zero-order chi connectivity index (χ0) is 5.98. The highest BCUT2D eigenvalue weighted by Gasteiger charge is 2.10. The first-order chi connectivity index (χ1) is 3.80. The van der Waals surface area contributed by atoms with Crippen LogP contribution in [0.2, 0.25) is 0 Å². The molecule has 8 heavy (non-hydrogen) atoms. The van der Waals surface area contributed by atoms with Gasteiger partial charge in [0.05, 0.1) is 6.61 Å². The Labute approximate surface area is 47.6 Å². The van der Waals surface area contributed by atoms with Gasteiger partial charge in [-0.05, 0) is 0 Å². The molecule has 1 rings (SSSR count). The Hall–Kier alpha value is -0.830. The monoisotopic (exact) mass is 112 g/mol. The van der Waals surface area contributed by atoms with Gasteiger partial charge in [-0.2, -0.15) is 0 Å². The highest BCUT2D eigenvalue weighted by Crippen LogP contribution is 2.00. The summed E-state index contributed by atoms with van der Waals surface area (Å²) in [6.45, 7) is 0.588. The molecule has 0 aromatic carbocycles. The van der Waals surface area contributed by atoms with Gasteiger partial charge in [-0.3, -0.25) is 5.41 Å². The molecule has 1 aliphatic heterocycles. The van der Waals surface area contributed by atoms with Gasteiger partial charge in [-0.15, -0.1) is 0 Å². The maximum atomic E-state index is 6.89. The molecule has 1 atom stereocenters. The highest BCUT2D eigenvalue weighted by atomic mass is 16.5. The Balaban J connectivity index is 2.48. The van der Waals surface area contributed by atoms with E-state index in [0.29, 0.717) is 6.61 Å². The zero-order valence-corrected chi connectivity index (χ0v) is 4.42. The third-order valence-electron chi connectivity index (χ3n) is 0.989. The van der Waals surface area contributed by atoms with Crippen LogP contribution in [0, 0.1) is 5.41 Å². The fourth-order valence-corrected chi connectivity index (χ4v) is 0.587. The number of hydrogen-bond acceptors (Lipinski definition) is 2. The van der Waals surface area contributed by atoms with E-state index in [1.165, 1.54) is 0 Å². The van der Waals surface area contributed by atoms with E-state index in [1.54, 1.807) is 6.08 Å². The zero-order valence-electron chi connectivity index (χ0n) is 4.42. The van der Waals surface area contributed by atoms with Crippen molar-refractivity contribution in [3.63, 3.8) is 0 Å². The average Bonchev–Trinajstić information content (AvgIpc) is 2.12. The van der Waals surface area contributed by atoms with Crippen LogP contribution in [-0.4, -0.2) is 18.5 Å². The average molecular weight is 112 g/mol. The minimum atomic E-state index is -0.255. The number of ether oxygens (including phenoxy) is 1. The fourth-order valence-electron chi connectivity index (χ4n) is 0.587. The molecule has 1 unspecified atom stereocenters. The Morgan fingerprint density at radius 3 is 2.88 bits per heavy atom. The molecule has 3 heteroatoms. The number of amidine groups is 1. The third-order valence-corrected chi connectivity index (χ3v) is 0.989. The van der Waals surface area contributed by atoms with E-state index in [0.717, 1.165) is 0 Å². The van der Waals surface area contributed by atoms with Crippen molar-refractivity contribution in [2.24, 2.45) is 5.73 Å². The smallest absolute Gasteiger partial charge is 0.133 e. The Bertz CT molecular complexity index is 130. The first-order valence-corrected chi connectivity index (χ1v) is 2.43. The molecule has 0 bridgehead atoms. The molecule has 3 N–H and O–H groups in total. The summed E-state index contributed by atoms with van der Waals surface area (Å²) in [6, 6.07) is 0. The van der Waals surface area contributed by atoms with Crippen molar-refractivity contribution in [2.45, 2.75) is 6.10 Å². The SMILES string of the molecule is N=C(N)C1C=CCO1. The summed E-state index contributed by atoms with van der Waals surface area (Å²) in [4.78, 5) is 0. The third kappa shape index (κ3) is 0.869. The minimum absolute atomic E-state index is 0.0822. The molecule has 44 valence electrons. The standard InChI is InChI=1S/C5H8N2O/c6-5(7)4-2-1-3-8-4/h1-2,4H,3H2,(H3,6,7). The van der Waals surface area contributed by atoms with E-state index in [9.17, 15) is 0 Å². The normalized spacial score (nSPS) is 26.2. The molecular formula is C5H8N2O. The summed E-state index contributed by atoms with van der Waals surface area (Å²) in [5.41, 5.74) is 5.10. The number of nitrogens with two attached hydrogens (primary N) is 1. The second-order valence-corrected chi connectivity index (χ2v) is 1.64. The van der Waals surface area contributed by atoms with Crippen molar-refractivity contribution in [3.8, 4) is 0 Å². The quantitative estimate of drug-likeness (QED) is 0.282. The number of hydrogen-bond donors (Lipinski definition) is 2. The van der Waals surface area contributed by atoms with Crippen molar-refractivity contribution < 1.29 is 4.74 Å². The van der Waals surface area contributed by atoms with E-state index >= 15 is 0 Å². The van der Waals surface area contributed by atoms with Crippen LogP contribution in [0.3, 0.4) is 0 Å². The lowest BCUT2D eigenvalue weighted by Gasteiger charge is -2.02. The van der Waals surface area contributed by atoms with E-state index in [1.807, 2.05) is 6.08 Å². The van der Waals surface area contributed by atoms with Crippen molar-refractivity contribution in [2.75, 3.05) is 6.61 Å². The molecule has 0 aromatic rings. The summed E-state index contributed by atoms with van der Waals surface area (Å²) in [5.74, 6) is 0.0822. The molecule has 0 aliphatic carbocycles. The van der Waals surface area contributed by atoms with Crippen LogP contribution in [0.1, 0.15) is 0 Å². The number of rotatable bonds is 1. The lowest BCUT2D eigenvalue weighted by molar-refractivity contribution is 0.173. The molecule has 0 amide bonds. The first kappa shape index (κ1) is 5.31. The van der Waals surface area contributed by atoms with Crippen LogP contribution in [0.4, 0.5) is 0 Å². The summed E-state index contributed by atoms with van der Waals surface area (Å²) in [6.07, 6.45) is 3.38. The van der Waals surface area contributed by atoms with Crippen molar-refractivity contribution in [1.82, 2.24) is 0 Å². The second kappa shape index (κ2) is 1.96. The van der Waals surface area contributed by atoms with Gasteiger partial charge in [0.2, 0.25) is 0 Å². The van der Waals surface area contributed by atoms with Crippen LogP contribution in [0.15, 0.2) is 12.2 Å². The molecule has 1 heterocycles. The molecular weight excluding hydrogens is 104 g/mol. The largest absolute Gasteiger partial charge is 0.385 e. The predicted molar refractivity (Wildman–Crippen MR) is 30.8 cm³/mol. The number of nitrogens with one attached hydrogen (secondary N) is 1. The molecule has 0 fully saturated rings. The first-order valence-electron chi connectivity index (χ1n) is 2.43. The van der Waals surface area contributed by atoms with Gasteiger partial charge in [0.1, 0.15) is 11.9 Å². The van der Waals surface area contributed by atoms with Crippen LogP contribution in [0.5, 0.6) is 0 Å². The maximum absolute atomic E-state index is 6.89. The Morgan fingerprint density at radius 1 is 1.88 bits per heavy atom. The van der Waals surface area contributed by atoms with Crippen LogP contribution < -0.4 is 5.73 Å². The van der Waals surface area contributed by atoms with Crippen LogP contribution in [-0.2, 0) is 4.74 Å². The van der Waals surface area contributed by atoms with Crippen LogP contribution in [0.25, 0.3) is 0 Å². The Morgan fingerprint density at radius 2 is 2.62 bits per heavy atom. The van der Waals surface area contributed by atoms with Crippen molar-refractivity contribution in [1.29, 1.82) is 5.41 Å². The van der Waals surface area contributed by atoms with Gasteiger partial charge < -0.3 is 10.5 Å². The predicted octanol–water partition coefficient (Wildman–Crippen LogP) is -0.123. The van der Waals surface area contributed by atoms with E-state index < -0.39 is 0 Å². The molecule has 0 saturated carbocycles. The van der Waals surface area contributed by atoms with E-state index in [-0.39, 0.29) is 11.9 Å². The second-order valence-electron chi connectivity index (χ2n) is 1.64. The van der Waals surface area contributed by atoms with E-state index in [4.69, 9.17) is 15.9 Å². The van der Waals surface area contributed by atoms with Gasteiger partial charge in [-0.1, -0.05) is 12.2 Å². The fraction of sp³-hybridized carbons (Fsp3) is 0.400. The summed E-state index contributed by atoms with van der Waals surface area (Å²) in [7, 11) is 0. The Kier molecular flexibility index (Phi) is 1.30. The van der Waals surface area contributed by atoms with Crippen LogP contribution >= 0.6 is 0 Å². The van der Waals surface area contributed by atoms with Crippen molar-refractivity contribution in [3.05, 3.63) is 12.2 Å². The summed E-state index contributed by atoms with van der Waals surface area (Å²) < 4.78 is 4.95. The van der Waals surface area contributed by atoms with Crippen molar-refractivity contribution >= 4 is 5.84 Å². The van der Waals surface area contributed by atoms with Gasteiger partial charge in [0.25, 0.3) is 0 Å².